The maximum atomic E-state index is 5.82. The molecule has 17 heavy (non-hydrogen) atoms. The van der Waals surface area contributed by atoms with Gasteiger partial charge in [0, 0.05) is 30.5 Å². The molecule has 1 fully saturated rings. The largest absolute Gasteiger partial charge is 0.341 e. The van der Waals surface area contributed by atoms with Gasteiger partial charge >= 0.3 is 0 Å². The van der Waals surface area contributed by atoms with Crippen molar-refractivity contribution in [2.24, 2.45) is 0 Å². The third kappa shape index (κ3) is 3.32. The minimum absolute atomic E-state index is 0.492. The Morgan fingerprint density at radius 1 is 1.18 bits per heavy atom. The van der Waals surface area contributed by atoms with Crippen LogP contribution in [0.3, 0.4) is 0 Å². The van der Waals surface area contributed by atoms with E-state index in [-0.39, 0.29) is 0 Å². The molecule has 1 aliphatic rings. The summed E-state index contributed by atoms with van der Waals surface area (Å²) in [7, 11) is 0. The number of hydrogen-bond donors (Lipinski definition) is 0. The maximum Gasteiger partial charge on any atom is 0.225 e. The monoisotopic (exact) mass is 253 g/mol. The summed E-state index contributed by atoms with van der Waals surface area (Å²) in [5.41, 5.74) is 2.04. The van der Waals surface area contributed by atoms with E-state index in [1.54, 1.807) is 0 Å². The van der Waals surface area contributed by atoms with E-state index in [1.807, 2.05) is 13.1 Å². The fraction of sp³-hybridized carbons (Fsp3) is 0.692. The minimum Gasteiger partial charge on any atom is -0.341 e. The molecule has 0 amide bonds. The van der Waals surface area contributed by atoms with Gasteiger partial charge in [-0.3, -0.25) is 0 Å². The van der Waals surface area contributed by atoms with Crippen LogP contribution in [-0.2, 0) is 5.88 Å². The molecule has 94 valence electrons. The predicted octanol–water partition coefficient (Wildman–Crippen LogP) is 3.29. The first-order valence-corrected chi connectivity index (χ1v) is 6.98. The smallest absolute Gasteiger partial charge is 0.225 e. The zero-order valence-electron chi connectivity index (χ0n) is 10.5. The molecule has 1 saturated heterocycles. The van der Waals surface area contributed by atoms with Crippen LogP contribution >= 0.6 is 11.6 Å². The first-order chi connectivity index (χ1) is 8.31. The highest BCUT2D eigenvalue weighted by atomic mass is 35.5. The molecular weight excluding hydrogens is 234 g/mol. The molecule has 2 heterocycles. The topological polar surface area (TPSA) is 29.0 Å². The van der Waals surface area contributed by atoms with E-state index in [2.05, 4.69) is 14.9 Å². The van der Waals surface area contributed by atoms with Gasteiger partial charge in [0.2, 0.25) is 5.95 Å². The number of anilines is 1. The molecule has 0 spiro atoms. The molecule has 0 aromatic carbocycles. The summed E-state index contributed by atoms with van der Waals surface area (Å²) in [4.78, 5) is 11.3. The zero-order valence-corrected chi connectivity index (χ0v) is 11.2. The fourth-order valence-electron chi connectivity index (χ4n) is 2.21. The van der Waals surface area contributed by atoms with Gasteiger partial charge in [-0.15, -0.1) is 11.6 Å². The highest BCUT2D eigenvalue weighted by Crippen LogP contribution is 2.17. The van der Waals surface area contributed by atoms with Gasteiger partial charge in [-0.05, 0) is 19.8 Å². The third-order valence-electron chi connectivity index (χ3n) is 3.35. The van der Waals surface area contributed by atoms with Crippen molar-refractivity contribution in [1.82, 2.24) is 9.97 Å². The van der Waals surface area contributed by atoms with E-state index < -0.39 is 0 Å². The van der Waals surface area contributed by atoms with Crippen molar-refractivity contribution < 1.29 is 0 Å². The molecule has 0 radical (unpaired) electrons. The molecule has 0 saturated carbocycles. The lowest BCUT2D eigenvalue weighted by molar-refractivity contribution is 0.550. The van der Waals surface area contributed by atoms with E-state index >= 15 is 0 Å². The first kappa shape index (κ1) is 12.6. The molecule has 0 bridgehead atoms. The number of hydrogen-bond acceptors (Lipinski definition) is 3. The van der Waals surface area contributed by atoms with Crippen LogP contribution in [0.25, 0.3) is 0 Å². The molecule has 0 atom stereocenters. The second-order valence-electron chi connectivity index (χ2n) is 4.67. The van der Waals surface area contributed by atoms with Crippen molar-refractivity contribution in [3.8, 4) is 0 Å². The van der Waals surface area contributed by atoms with Crippen molar-refractivity contribution in [2.45, 2.75) is 44.9 Å². The second-order valence-corrected chi connectivity index (χ2v) is 4.94. The standard InChI is InChI=1S/C13H20ClN3/c1-11-12(9-14)10-15-13(16-11)17-7-5-3-2-4-6-8-17/h10H,2-9H2,1H3. The average molecular weight is 254 g/mol. The van der Waals surface area contributed by atoms with Gasteiger partial charge in [0.05, 0.1) is 5.88 Å². The van der Waals surface area contributed by atoms with Gasteiger partial charge in [-0.1, -0.05) is 19.3 Å². The highest BCUT2D eigenvalue weighted by Gasteiger charge is 2.12. The first-order valence-electron chi connectivity index (χ1n) is 6.44. The van der Waals surface area contributed by atoms with Gasteiger partial charge in [0.25, 0.3) is 0 Å². The number of halogens is 1. The Bertz CT molecular complexity index is 360. The summed E-state index contributed by atoms with van der Waals surface area (Å²) in [5.74, 6) is 1.37. The molecule has 1 aromatic heterocycles. The van der Waals surface area contributed by atoms with E-state index in [1.165, 1.54) is 32.1 Å². The number of aromatic nitrogens is 2. The van der Waals surface area contributed by atoms with Gasteiger partial charge in [0.1, 0.15) is 0 Å². The fourth-order valence-corrected chi connectivity index (χ4v) is 2.47. The molecule has 1 aromatic rings. The van der Waals surface area contributed by atoms with Crippen LogP contribution in [0, 0.1) is 6.92 Å². The second kappa shape index (κ2) is 6.20. The molecule has 3 nitrogen and oxygen atoms in total. The van der Waals surface area contributed by atoms with Crippen LogP contribution in [-0.4, -0.2) is 23.1 Å². The minimum atomic E-state index is 0.492. The molecule has 0 N–H and O–H groups in total. The average Bonchev–Trinajstić information content (AvgIpc) is 2.28. The molecule has 1 aliphatic heterocycles. The van der Waals surface area contributed by atoms with Crippen LogP contribution in [0.2, 0.25) is 0 Å². The van der Waals surface area contributed by atoms with Crippen molar-refractivity contribution in [2.75, 3.05) is 18.0 Å². The van der Waals surface area contributed by atoms with E-state index in [0.717, 1.165) is 30.3 Å². The summed E-state index contributed by atoms with van der Waals surface area (Å²) in [5, 5.41) is 0. The van der Waals surface area contributed by atoms with Gasteiger partial charge in [-0.2, -0.15) is 0 Å². The molecule has 0 aliphatic carbocycles. The lowest BCUT2D eigenvalue weighted by Crippen LogP contribution is -2.29. The van der Waals surface area contributed by atoms with E-state index in [9.17, 15) is 0 Å². The quantitative estimate of drug-likeness (QED) is 0.758. The number of rotatable bonds is 2. The van der Waals surface area contributed by atoms with Crippen LogP contribution in [0.5, 0.6) is 0 Å². The Balaban J connectivity index is 2.11. The Labute approximate surface area is 108 Å². The summed E-state index contributed by atoms with van der Waals surface area (Å²) < 4.78 is 0. The zero-order chi connectivity index (χ0) is 12.1. The van der Waals surface area contributed by atoms with E-state index in [0.29, 0.717) is 5.88 Å². The normalized spacial score (nSPS) is 17.6. The summed E-state index contributed by atoms with van der Waals surface area (Å²) >= 11 is 5.82. The third-order valence-corrected chi connectivity index (χ3v) is 3.64. The van der Waals surface area contributed by atoms with Crippen molar-refractivity contribution >= 4 is 17.5 Å². The SMILES string of the molecule is Cc1nc(N2CCCCCCC2)ncc1CCl. The van der Waals surface area contributed by atoms with E-state index in [4.69, 9.17) is 11.6 Å². The van der Waals surface area contributed by atoms with Crippen molar-refractivity contribution in [3.05, 3.63) is 17.5 Å². The predicted molar refractivity (Wildman–Crippen MR) is 71.6 cm³/mol. The van der Waals surface area contributed by atoms with Crippen LogP contribution in [0.1, 0.15) is 43.4 Å². The number of nitrogens with zero attached hydrogens (tertiary/aromatic N) is 3. The van der Waals surface area contributed by atoms with Crippen molar-refractivity contribution in [3.63, 3.8) is 0 Å². The summed E-state index contributed by atoms with van der Waals surface area (Å²) in [6.45, 7) is 4.17. The molecule has 0 unspecified atom stereocenters. The van der Waals surface area contributed by atoms with Gasteiger partial charge in [-0.25, -0.2) is 9.97 Å². The summed E-state index contributed by atoms with van der Waals surface area (Å²) in [6, 6.07) is 0. The highest BCUT2D eigenvalue weighted by molar-refractivity contribution is 6.17. The van der Waals surface area contributed by atoms with Crippen LogP contribution in [0.15, 0.2) is 6.20 Å². The number of alkyl halides is 1. The molecular formula is C13H20ClN3. The molecule has 4 heteroatoms. The van der Waals surface area contributed by atoms with Gasteiger partial charge in [0.15, 0.2) is 0 Å². The number of aryl methyl sites for hydroxylation is 1. The Morgan fingerprint density at radius 2 is 1.82 bits per heavy atom. The maximum absolute atomic E-state index is 5.82. The Morgan fingerprint density at radius 3 is 2.41 bits per heavy atom. The van der Waals surface area contributed by atoms with Crippen LogP contribution < -0.4 is 4.90 Å². The van der Waals surface area contributed by atoms with Crippen molar-refractivity contribution in [1.29, 1.82) is 0 Å². The lowest BCUT2D eigenvalue weighted by atomic mass is 10.1. The molecule has 2 rings (SSSR count). The van der Waals surface area contributed by atoms with Gasteiger partial charge < -0.3 is 4.90 Å². The van der Waals surface area contributed by atoms with Crippen LogP contribution in [0.4, 0.5) is 5.95 Å². The lowest BCUT2D eigenvalue weighted by Gasteiger charge is -2.25. The Kier molecular flexibility index (Phi) is 4.60. The summed E-state index contributed by atoms with van der Waals surface area (Å²) in [6.07, 6.45) is 8.40. The Hall–Kier alpha value is -0.830.